The minimum atomic E-state index is 0.618. The maximum absolute atomic E-state index is 6.06. The quantitative estimate of drug-likeness (QED) is 0.774. The summed E-state index contributed by atoms with van der Waals surface area (Å²) >= 11 is 6.06. The highest BCUT2D eigenvalue weighted by molar-refractivity contribution is 6.30. The van der Waals surface area contributed by atoms with Crippen LogP contribution in [0.15, 0.2) is 48.8 Å². The summed E-state index contributed by atoms with van der Waals surface area (Å²) in [4.78, 5) is 0. The number of nitrogens with zero attached hydrogens (tertiary/aromatic N) is 2. The molecule has 0 spiro atoms. The summed E-state index contributed by atoms with van der Waals surface area (Å²) in [5.41, 5.74) is 3.10. The van der Waals surface area contributed by atoms with Crippen molar-refractivity contribution in [3.05, 3.63) is 59.4 Å². The Morgan fingerprint density at radius 1 is 1.29 bits per heavy atom. The van der Waals surface area contributed by atoms with Gasteiger partial charge in [0.15, 0.2) is 0 Å². The first-order valence-corrected chi connectivity index (χ1v) is 7.23. The fourth-order valence-electron chi connectivity index (χ4n) is 2.24. The molecule has 5 heteroatoms. The molecule has 1 N–H and O–H groups in total. The third kappa shape index (κ3) is 2.95. The van der Waals surface area contributed by atoms with Gasteiger partial charge in [-0.1, -0.05) is 17.7 Å². The second kappa shape index (κ2) is 6.06. The van der Waals surface area contributed by atoms with E-state index in [0.717, 1.165) is 22.5 Å². The predicted octanol–water partition coefficient (Wildman–Crippen LogP) is 4.00. The van der Waals surface area contributed by atoms with Gasteiger partial charge < -0.3 is 10.1 Å². The number of nitrogens with one attached hydrogen (secondary N) is 1. The second-order valence-electron chi connectivity index (χ2n) is 4.63. The number of benzene rings is 1. The molecule has 0 saturated heterocycles. The van der Waals surface area contributed by atoms with E-state index >= 15 is 0 Å². The normalized spacial score (nSPS) is 10.8. The zero-order chi connectivity index (χ0) is 14.7. The van der Waals surface area contributed by atoms with Gasteiger partial charge in [-0.3, -0.25) is 0 Å². The molecule has 2 aromatic heterocycles. The summed E-state index contributed by atoms with van der Waals surface area (Å²) < 4.78 is 7.47. The molecule has 3 aromatic rings. The Labute approximate surface area is 128 Å². The van der Waals surface area contributed by atoms with Gasteiger partial charge in [-0.05, 0) is 37.3 Å². The van der Waals surface area contributed by atoms with E-state index in [0.29, 0.717) is 18.2 Å². The van der Waals surface area contributed by atoms with E-state index in [1.165, 1.54) is 0 Å². The van der Waals surface area contributed by atoms with Crippen LogP contribution in [0.4, 0.5) is 5.69 Å². The summed E-state index contributed by atoms with van der Waals surface area (Å²) in [5, 5.41) is 8.38. The van der Waals surface area contributed by atoms with Crippen LogP contribution in [0.1, 0.15) is 12.5 Å². The maximum Gasteiger partial charge on any atom is 0.142 e. The Morgan fingerprint density at radius 2 is 2.19 bits per heavy atom. The number of aromatic nitrogens is 2. The van der Waals surface area contributed by atoms with Crippen molar-refractivity contribution in [3.63, 3.8) is 0 Å². The van der Waals surface area contributed by atoms with Crippen LogP contribution in [-0.2, 0) is 6.54 Å². The Balaban J connectivity index is 1.83. The Morgan fingerprint density at radius 3 is 3.05 bits per heavy atom. The predicted molar refractivity (Wildman–Crippen MR) is 85.1 cm³/mol. The van der Waals surface area contributed by atoms with Crippen LogP contribution < -0.4 is 10.1 Å². The van der Waals surface area contributed by atoms with E-state index in [9.17, 15) is 0 Å². The van der Waals surface area contributed by atoms with Crippen LogP contribution in [0.5, 0.6) is 5.75 Å². The Bertz CT molecular complexity index is 754. The Kier molecular flexibility index (Phi) is 3.97. The number of pyridine rings is 1. The van der Waals surface area contributed by atoms with Gasteiger partial charge in [0, 0.05) is 23.3 Å². The molecule has 1 aromatic carbocycles. The van der Waals surface area contributed by atoms with Crippen molar-refractivity contribution in [1.82, 2.24) is 9.61 Å². The van der Waals surface area contributed by atoms with Gasteiger partial charge in [0.1, 0.15) is 5.75 Å². The molecule has 0 fully saturated rings. The summed E-state index contributed by atoms with van der Waals surface area (Å²) in [6, 6.07) is 11.6. The fraction of sp³-hybridized carbons (Fsp3) is 0.188. The van der Waals surface area contributed by atoms with Crippen LogP contribution in [0.3, 0.4) is 0 Å². The number of hydrogen-bond donors (Lipinski definition) is 1. The molecule has 0 radical (unpaired) electrons. The van der Waals surface area contributed by atoms with E-state index in [-0.39, 0.29) is 0 Å². The van der Waals surface area contributed by atoms with Gasteiger partial charge in [-0.25, -0.2) is 4.52 Å². The summed E-state index contributed by atoms with van der Waals surface area (Å²) in [6.45, 7) is 3.24. The lowest BCUT2D eigenvalue weighted by Crippen LogP contribution is -2.02. The molecule has 0 aliphatic heterocycles. The number of rotatable bonds is 5. The monoisotopic (exact) mass is 301 g/mol. The third-order valence-corrected chi connectivity index (χ3v) is 3.45. The van der Waals surface area contributed by atoms with E-state index in [4.69, 9.17) is 16.3 Å². The molecule has 0 unspecified atom stereocenters. The number of ether oxygens (including phenoxy) is 1. The SMILES string of the molecule is CCOc1ccc(Cl)cc1NCc1cnn2ccccc12. The highest BCUT2D eigenvalue weighted by atomic mass is 35.5. The molecule has 0 aliphatic rings. The summed E-state index contributed by atoms with van der Waals surface area (Å²) in [7, 11) is 0. The van der Waals surface area contributed by atoms with Crippen molar-refractivity contribution in [2.75, 3.05) is 11.9 Å². The van der Waals surface area contributed by atoms with Gasteiger partial charge in [0.25, 0.3) is 0 Å². The zero-order valence-electron chi connectivity index (χ0n) is 11.7. The molecule has 0 atom stereocenters. The molecule has 0 bridgehead atoms. The number of halogens is 1. The van der Waals surface area contributed by atoms with Crippen molar-refractivity contribution >= 4 is 22.8 Å². The highest BCUT2D eigenvalue weighted by Gasteiger charge is 2.07. The molecule has 21 heavy (non-hydrogen) atoms. The van der Waals surface area contributed by atoms with Gasteiger partial charge in [0.05, 0.1) is 24.0 Å². The minimum Gasteiger partial charge on any atom is -0.492 e. The van der Waals surface area contributed by atoms with E-state index in [1.807, 2.05) is 60.2 Å². The smallest absolute Gasteiger partial charge is 0.142 e. The molecule has 2 heterocycles. The van der Waals surface area contributed by atoms with Crippen molar-refractivity contribution in [2.24, 2.45) is 0 Å². The maximum atomic E-state index is 6.06. The second-order valence-corrected chi connectivity index (χ2v) is 5.06. The van der Waals surface area contributed by atoms with Gasteiger partial charge in [-0.2, -0.15) is 5.10 Å². The topological polar surface area (TPSA) is 38.6 Å². The molecular weight excluding hydrogens is 286 g/mol. The van der Waals surface area contributed by atoms with Crippen LogP contribution in [0.25, 0.3) is 5.52 Å². The molecule has 0 aliphatic carbocycles. The first kappa shape index (κ1) is 13.8. The lowest BCUT2D eigenvalue weighted by atomic mass is 10.2. The zero-order valence-corrected chi connectivity index (χ0v) is 12.5. The van der Waals surface area contributed by atoms with Gasteiger partial charge >= 0.3 is 0 Å². The standard InChI is InChI=1S/C16H16ClN3O/c1-2-21-16-7-6-13(17)9-14(16)18-10-12-11-19-20-8-4-3-5-15(12)20/h3-9,11,18H,2,10H2,1H3. The van der Waals surface area contributed by atoms with Crippen molar-refractivity contribution in [3.8, 4) is 5.75 Å². The lowest BCUT2D eigenvalue weighted by molar-refractivity contribution is 0.341. The van der Waals surface area contributed by atoms with Crippen LogP contribution in [0, 0.1) is 0 Å². The van der Waals surface area contributed by atoms with Gasteiger partial charge in [0.2, 0.25) is 0 Å². The Hall–Kier alpha value is -2.20. The van der Waals surface area contributed by atoms with E-state index in [1.54, 1.807) is 0 Å². The number of hydrogen-bond acceptors (Lipinski definition) is 3. The summed E-state index contributed by atoms with van der Waals surface area (Å²) in [6.07, 6.45) is 3.80. The molecule has 4 nitrogen and oxygen atoms in total. The van der Waals surface area contributed by atoms with Crippen molar-refractivity contribution in [1.29, 1.82) is 0 Å². The molecular formula is C16H16ClN3O. The van der Waals surface area contributed by atoms with Crippen molar-refractivity contribution < 1.29 is 4.74 Å². The van der Waals surface area contributed by atoms with E-state index in [2.05, 4.69) is 10.4 Å². The highest BCUT2D eigenvalue weighted by Crippen LogP contribution is 2.28. The van der Waals surface area contributed by atoms with E-state index < -0.39 is 0 Å². The fourth-order valence-corrected chi connectivity index (χ4v) is 2.41. The first-order chi connectivity index (χ1) is 10.3. The summed E-state index contributed by atoms with van der Waals surface area (Å²) in [5.74, 6) is 0.804. The third-order valence-electron chi connectivity index (χ3n) is 3.22. The molecule has 3 rings (SSSR count). The molecule has 108 valence electrons. The molecule has 0 saturated carbocycles. The van der Waals surface area contributed by atoms with Gasteiger partial charge in [-0.15, -0.1) is 0 Å². The average Bonchev–Trinajstić information content (AvgIpc) is 2.91. The van der Waals surface area contributed by atoms with Crippen LogP contribution in [0.2, 0.25) is 5.02 Å². The van der Waals surface area contributed by atoms with Crippen molar-refractivity contribution in [2.45, 2.75) is 13.5 Å². The minimum absolute atomic E-state index is 0.618. The van der Waals surface area contributed by atoms with Crippen LogP contribution >= 0.6 is 11.6 Å². The van der Waals surface area contributed by atoms with Crippen LogP contribution in [-0.4, -0.2) is 16.2 Å². The number of fused-ring (bicyclic) bond motifs is 1. The largest absolute Gasteiger partial charge is 0.492 e. The average molecular weight is 302 g/mol. The first-order valence-electron chi connectivity index (χ1n) is 6.85. The lowest BCUT2D eigenvalue weighted by Gasteiger charge is -2.12. The molecule has 0 amide bonds. The number of anilines is 1.